The zero-order chi connectivity index (χ0) is 21.1. The molecule has 2 aromatic rings. The zero-order valence-electron chi connectivity index (χ0n) is 16.9. The van der Waals surface area contributed by atoms with Gasteiger partial charge in [-0.25, -0.2) is 0 Å². The first-order valence-corrected chi connectivity index (χ1v) is 10.2. The molecule has 1 fully saturated rings. The first kappa shape index (κ1) is 20.1. The van der Waals surface area contributed by atoms with Crippen molar-refractivity contribution in [3.8, 4) is 5.75 Å². The maximum atomic E-state index is 12.6. The first-order chi connectivity index (χ1) is 14.6. The molecule has 7 nitrogen and oxygen atoms in total. The topological polar surface area (TPSA) is 102 Å². The number of hydrogen-bond donors (Lipinski definition) is 1. The van der Waals surface area contributed by atoms with E-state index in [9.17, 15) is 14.7 Å². The Labute approximate surface area is 174 Å². The lowest BCUT2D eigenvalue weighted by Crippen LogP contribution is -2.21. The molecule has 4 rings (SSSR count). The number of Topliss-reactive ketones (excluding diaryl/α,β-unsaturated/α-hetero) is 2. The van der Waals surface area contributed by atoms with Crippen molar-refractivity contribution in [1.29, 1.82) is 0 Å². The van der Waals surface area contributed by atoms with Crippen molar-refractivity contribution in [3.63, 3.8) is 0 Å². The Morgan fingerprint density at radius 2 is 1.97 bits per heavy atom. The normalized spacial score (nSPS) is 19.7. The molecule has 2 aliphatic rings. The number of aliphatic hydroxyl groups is 1. The number of ketones is 2. The Morgan fingerprint density at radius 1 is 1.17 bits per heavy atom. The molecule has 30 heavy (non-hydrogen) atoms. The van der Waals surface area contributed by atoms with E-state index in [0.717, 1.165) is 6.42 Å². The van der Waals surface area contributed by atoms with E-state index in [2.05, 4.69) is 10.1 Å². The van der Waals surface area contributed by atoms with Gasteiger partial charge in [-0.05, 0) is 31.4 Å². The molecule has 0 radical (unpaired) electrons. The van der Waals surface area contributed by atoms with Crippen LogP contribution in [0.25, 0.3) is 0 Å². The lowest BCUT2D eigenvalue weighted by molar-refractivity contribution is -0.115. The molecule has 0 unspecified atom stereocenters. The number of rotatable bonds is 5. The number of aromatic nitrogens is 1. The molecule has 0 spiro atoms. The van der Waals surface area contributed by atoms with Gasteiger partial charge in [0.15, 0.2) is 11.6 Å². The highest BCUT2D eigenvalue weighted by atomic mass is 16.5. The van der Waals surface area contributed by atoms with Gasteiger partial charge in [-0.1, -0.05) is 11.2 Å². The van der Waals surface area contributed by atoms with Crippen LogP contribution in [0.2, 0.25) is 0 Å². The second-order valence-electron chi connectivity index (χ2n) is 7.56. The smallest absolute Gasteiger partial charge is 0.168 e. The Bertz CT molecular complexity index is 1050. The Kier molecular flexibility index (Phi) is 5.79. The predicted octanol–water partition coefficient (Wildman–Crippen LogP) is 4.47. The molecule has 156 valence electrons. The third-order valence-electron chi connectivity index (χ3n) is 5.51. The van der Waals surface area contributed by atoms with Gasteiger partial charge in [0.05, 0.1) is 35.3 Å². The molecule has 0 bridgehead atoms. The maximum absolute atomic E-state index is 12.6. The molecule has 0 atom stereocenters. The van der Waals surface area contributed by atoms with Gasteiger partial charge in [-0.2, -0.15) is 0 Å². The lowest BCUT2D eigenvalue weighted by Gasteiger charge is -2.18. The maximum Gasteiger partial charge on any atom is 0.168 e. The fraction of sp³-hybridized carbons (Fsp3) is 0.391. The molecule has 1 N–H and O–H groups in total. The van der Waals surface area contributed by atoms with Crippen molar-refractivity contribution in [1.82, 2.24) is 5.16 Å². The molecule has 2 aliphatic carbocycles. The van der Waals surface area contributed by atoms with Crippen LogP contribution in [0.5, 0.6) is 5.75 Å². The molecule has 1 aromatic heterocycles. The summed E-state index contributed by atoms with van der Waals surface area (Å²) in [5.74, 6) is 1.21. The van der Waals surface area contributed by atoms with Gasteiger partial charge < -0.3 is 14.4 Å². The van der Waals surface area contributed by atoms with E-state index in [-0.39, 0.29) is 29.3 Å². The van der Waals surface area contributed by atoms with Gasteiger partial charge in [-0.3, -0.25) is 14.6 Å². The van der Waals surface area contributed by atoms with Crippen LogP contribution in [0, 0.1) is 0 Å². The number of carbonyl (C=O) groups excluding carboxylic acids is 2. The number of hydrogen-bond acceptors (Lipinski definition) is 7. The minimum absolute atomic E-state index is 0.0126. The van der Waals surface area contributed by atoms with Crippen molar-refractivity contribution in [2.75, 3.05) is 7.11 Å². The van der Waals surface area contributed by atoms with Crippen LogP contribution in [-0.4, -0.2) is 34.7 Å². The van der Waals surface area contributed by atoms with E-state index < -0.39 is 0 Å². The van der Waals surface area contributed by atoms with Crippen LogP contribution in [-0.2, 0) is 17.6 Å². The fourth-order valence-electron chi connectivity index (χ4n) is 4.02. The van der Waals surface area contributed by atoms with E-state index in [1.165, 1.54) is 0 Å². The number of fused-ring (bicyclic) bond motifs is 1. The number of aliphatic hydroxyl groups excluding tert-OH is 1. The first-order valence-electron chi connectivity index (χ1n) is 10.2. The molecule has 0 saturated heterocycles. The summed E-state index contributed by atoms with van der Waals surface area (Å²) in [6, 6.07) is 7.27. The monoisotopic (exact) mass is 408 g/mol. The molecule has 0 aliphatic heterocycles. The molecule has 1 aromatic carbocycles. The summed E-state index contributed by atoms with van der Waals surface area (Å²) in [7, 11) is 1.58. The van der Waals surface area contributed by atoms with E-state index in [0.29, 0.717) is 72.7 Å². The van der Waals surface area contributed by atoms with Gasteiger partial charge in [0.1, 0.15) is 17.3 Å². The highest BCUT2D eigenvalue weighted by Gasteiger charge is 2.28. The van der Waals surface area contributed by atoms with E-state index in [1.807, 2.05) is 18.2 Å². The fourth-order valence-corrected chi connectivity index (χ4v) is 4.02. The third kappa shape index (κ3) is 4.06. The standard InChI is InChI=1S/C23H24N2O5/c1-29-15-6-2-5-14(13-15)24-16-7-3-8-18(26)22(16)20(28)12-11-17-23-19(27)9-4-10-21(23)30-25-17/h2,5-6,13,28H,3-4,7-12H2,1H3. The molecular weight excluding hydrogens is 384 g/mol. The van der Waals surface area contributed by atoms with Crippen molar-refractivity contribution in [2.24, 2.45) is 4.99 Å². The molecule has 1 heterocycles. The number of methoxy groups -OCH3 is 1. The summed E-state index contributed by atoms with van der Waals surface area (Å²) >= 11 is 0. The Morgan fingerprint density at radius 3 is 2.80 bits per heavy atom. The average molecular weight is 408 g/mol. The Balaban J connectivity index is 1.60. The largest absolute Gasteiger partial charge is 0.511 e. The summed E-state index contributed by atoms with van der Waals surface area (Å²) in [5.41, 5.74) is 2.64. The van der Waals surface area contributed by atoms with Crippen LogP contribution < -0.4 is 4.74 Å². The van der Waals surface area contributed by atoms with Crippen molar-refractivity contribution >= 4 is 23.0 Å². The number of benzene rings is 1. The summed E-state index contributed by atoms with van der Waals surface area (Å²) in [5, 5.41) is 14.8. The highest BCUT2D eigenvalue weighted by molar-refractivity contribution is 6.24. The summed E-state index contributed by atoms with van der Waals surface area (Å²) in [4.78, 5) is 29.4. The average Bonchev–Trinajstić information content (AvgIpc) is 3.17. The van der Waals surface area contributed by atoms with Crippen LogP contribution in [0.4, 0.5) is 5.69 Å². The molecule has 7 heteroatoms. The number of allylic oxidation sites excluding steroid dienone is 2. The van der Waals surface area contributed by atoms with E-state index >= 15 is 0 Å². The van der Waals surface area contributed by atoms with Gasteiger partial charge in [0.2, 0.25) is 0 Å². The van der Waals surface area contributed by atoms with Gasteiger partial charge in [0.25, 0.3) is 0 Å². The third-order valence-corrected chi connectivity index (χ3v) is 5.51. The van der Waals surface area contributed by atoms with Crippen LogP contribution in [0.15, 0.2) is 45.1 Å². The predicted molar refractivity (Wildman–Crippen MR) is 111 cm³/mol. The summed E-state index contributed by atoms with van der Waals surface area (Å²) < 4.78 is 10.5. The molecular formula is C23H24N2O5. The van der Waals surface area contributed by atoms with Crippen LogP contribution >= 0.6 is 0 Å². The SMILES string of the molecule is COc1cccc(N=C2CCCC(=O)C2=C(O)CCc2noc3c2C(=O)CCC3)c1. The lowest BCUT2D eigenvalue weighted by atomic mass is 9.88. The minimum atomic E-state index is -0.112. The second-order valence-corrected chi connectivity index (χ2v) is 7.56. The van der Waals surface area contributed by atoms with Crippen LogP contribution in [0.1, 0.15) is 60.3 Å². The summed E-state index contributed by atoms with van der Waals surface area (Å²) in [6.07, 6.45) is 4.19. The van der Waals surface area contributed by atoms with Gasteiger partial charge in [-0.15, -0.1) is 0 Å². The Hall–Kier alpha value is -3.22. The second kappa shape index (κ2) is 8.65. The molecule has 0 amide bonds. The highest BCUT2D eigenvalue weighted by Crippen LogP contribution is 2.29. The number of aliphatic imine (C=N–C) groups is 1. The van der Waals surface area contributed by atoms with Gasteiger partial charge >= 0.3 is 0 Å². The van der Waals surface area contributed by atoms with E-state index in [4.69, 9.17) is 9.26 Å². The summed E-state index contributed by atoms with van der Waals surface area (Å²) in [6.45, 7) is 0. The van der Waals surface area contributed by atoms with Crippen molar-refractivity contribution in [3.05, 3.63) is 52.6 Å². The zero-order valence-corrected chi connectivity index (χ0v) is 16.9. The number of carbonyl (C=O) groups is 2. The number of ether oxygens (including phenoxy) is 1. The number of nitrogens with zero attached hydrogens (tertiary/aromatic N) is 2. The van der Waals surface area contributed by atoms with Gasteiger partial charge in [0, 0.05) is 38.2 Å². The minimum Gasteiger partial charge on any atom is -0.511 e. The quantitative estimate of drug-likeness (QED) is 0.578. The van der Waals surface area contributed by atoms with Crippen LogP contribution in [0.3, 0.4) is 0 Å². The van der Waals surface area contributed by atoms with Crippen molar-refractivity contribution < 1.29 is 24.0 Å². The van der Waals surface area contributed by atoms with Crippen molar-refractivity contribution in [2.45, 2.75) is 51.4 Å². The van der Waals surface area contributed by atoms with E-state index in [1.54, 1.807) is 13.2 Å². The molecule has 1 saturated carbocycles. The number of aryl methyl sites for hydroxylation is 2.